The Balaban J connectivity index is 0.000000828. The molecule has 2 aromatic carbocycles. The molecule has 2 aromatic rings. The predicted octanol–water partition coefficient (Wildman–Crippen LogP) is 3.49. The number of fused-ring (bicyclic) bond motifs is 1. The van der Waals surface area contributed by atoms with Gasteiger partial charge >= 0.3 is 8.80 Å². The Labute approximate surface area is 170 Å². The molecule has 0 aromatic heterocycles. The first-order chi connectivity index (χ1) is 12.9. The van der Waals surface area contributed by atoms with E-state index in [4.69, 9.17) is 21.7 Å². The molecule has 0 bridgehead atoms. The third-order valence-corrected chi connectivity index (χ3v) is 6.83. The van der Waals surface area contributed by atoms with Gasteiger partial charge in [0, 0.05) is 25.0 Å². The molecule has 0 amide bonds. The molecular weight excluding hydrogens is 400 g/mol. The van der Waals surface area contributed by atoms with E-state index in [1.165, 1.54) is 16.3 Å². The number of rotatable bonds is 9. The first-order valence-electron chi connectivity index (χ1n) is 9.21. The molecule has 0 aliphatic heterocycles. The normalized spacial score (nSPS) is 11.5. The van der Waals surface area contributed by atoms with Crippen molar-refractivity contribution in [2.24, 2.45) is 0 Å². The fraction of sp³-hybridized carbons (Fsp3) is 0.474. The number of aryl methyl sites for hydroxylation is 1. The van der Waals surface area contributed by atoms with Crippen LogP contribution in [0.25, 0.3) is 10.8 Å². The number of benzene rings is 2. The lowest BCUT2D eigenvalue weighted by molar-refractivity contribution is 0.0859. The van der Waals surface area contributed by atoms with Crippen molar-refractivity contribution < 1.29 is 21.7 Å². The van der Waals surface area contributed by atoms with Gasteiger partial charge in [-0.05, 0) is 49.6 Å². The van der Waals surface area contributed by atoms with Gasteiger partial charge in [0.1, 0.15) is 0 Å². The molecule has 0 saturated heterocycles. The topological polar surface area (TPSA) is 61.8 Å². The molecule has 0 atom stereocenters. The fourth-order valence-corrected chi connectivity index (χ4v) is 5.56. The van der Waals surface area contributed by atoms with Crippen molar-refractivity contribution >= 4 is 46.2 Å². The molecule has 0 heterocycles. The summed E-state index contributed by atoms with van der Waals surface area (Å²) in [6, 6.07) is 12.9. The van der Waals surface area contributed by atoms with Gasteiger partial charge < -0.3 is 13.3 Å². The Kier molecular flexibility index (Phi) is 11.2. The molecule has 0 aliphatic carbocycles. The van der Waals surface area contributed by atoms with Crippen molar-refractivity contribution in [3.05, 3.63) is 42.0 Å². The van der Waals surface area contributed by atoms with Crippen LogP contribution >= 0.6 is 11.7 Å². The van der Waals surface area contributed by atoms with E-state index in [9.17, 15) is 0 Å². The summed E-state index contributed by atoms with van der Waals surface area (Å²) >= 11 is 2.92. The van der Waals surface area contributed by atoms with Crippen LogP contribution in [0, 0.1) is 0 Å². The summed E-state index contributed by atoms with van der Waals surface area (Å²) in [5, 5.41) is 3.61. The van der Waals surface area contributed by atoms with Gasteiger partial charge in [0.05, 0.1) is 0 Å². The molecule has 2 rings (SSSR count). The van der Waals surface area contributed by atoms with Crippen molar-refractivity contribution in [1.82, 2.24) is 0 Å². The van der Waals surface area contributed by atoms with E-state index in [1.807, 2.05) is 20.8 Å². The van der Waals surface area contributed by atoms with E-state index >= 15 is 0 Å². The Bertz CT molecular complexity index is 755. The highest BCUT2D eigenvalue weighted by Gasteiger charge is 2.43. The summed E-state index contributed by atoms with van der Waals surface area (Å²) < 4.78 is 36.0. The van der Waals surface area contributed by atoms with Gasteiger partial charge in [-0.3, -0.25) is 0 Å². The maximum Gasteiger partial charge on any atom is 0.537 e. The van der Waals surface area contributed by atoms with E-state index in [0.29, 0.717) is 19.8 Å². The Hall–Kier alpha value is -0.903. The van der Waals surface area contributed by atoms with Crippen LogP contribution in [-0.2, 0) is 29.4 Å². The summed E-state index contributed by atoms with van der Waals surface area (Å²) in [6.07, 6.45) is 2.16. The van der Waals surface area contributed by atoms with Gasteiger partial charge in [-0.25, -0.2) is 8.42 Å². The lowest BCUT2D eigenvalue weighted by atomic mass is 10.0. The zero-order valence-corrected chi connectivity index (χ0v) is 19.2. The summed E-state index contributed by atoms with van der Waals surface area (Å²) in [6.45, 7) is 9.95. The fourth-order valence-electron chi connectivity index (χ4n) is 2.99. The van der Waals surface area contributed by atoms with E-state index in [0.717, 1.165) is 18.0 Å². The van der Waals surface area contributed by atoms with Crippen LogP contribution in [0.15, 0.2) is 36.4 Å². The van der Waals surface area contributed by atoms with Crippen molar-refractivity contribution in [2.75, 3.05) is 19.8 Å². The third-order valence-electron chi connectivity index (χ3n) is 3.82. The van der Waals surface area contributed by atoms with Crippen LogP contribution in [0.5, 0.6) is 0 Å². The Morgan fingerprint density at radius 2 is 1.44 bits per heavy atom. The largest absolute Gasteiger partial charge is 0.537 e. The average molecular weight is 431 g/mol. The highest BCUT2D eigenvalue weighted by Crippen LogP contribution is 2.22. The molecular formula is C19H30O5S2Si. The quantitative estimate of drug-likeness (QED) is 0.362. The van der Waals surface area contributed by atoms with E-state index < -0.39 is 18.5 Å². The van der Waals surface area contributed by atoms with Crippen molar-refractivity contribution in [1.29, 1.82) is 0 Å². The molecule has 0 unspecified atom stereocenters. The van der Waals surface area contributed by atoms with Gasteiger partial charge in [0.15, 0.2) is 9.74 Å². The zero-order chi connectivity index (χ0) is 20.3. The molecule has 0 N–H and O–H groups in total. The molecule has 0 fully saturated rings. The van der Waals surface area contributed by atoms with E-state index in [1.54, 1.807) is 0 Å². The van der Waals surface area contributed by atoms with Gasteiger partial charge in [-0.15, -0.1) is 0 Å². The molecule has 0 radical (unpaired) electrons. The van der Waals surface area contributed by atoms with Crippen LogP contribution in [0.4, 0.5) is 0 Å². The number of thiol groups is 2. The number of hydrogen-bond donors (Lipinski definition) is 2. The van der Waals surface area contributed by atoms with Gasteiger partial charge in [0.25, 0.3) is 0 Å². The summed E-state index contributed by atoms with van der Waals surface area (Å²) in [5.41, 5.74) is 1.34. The predicted molar refractivity (Wildman–Crippen MR) is 118 cm³/mol. The van der Waals surface area contributed by atoms with Crippen LogP contribution in [0.1, 0.15) is 39.7 Å². The molecule has 5 nitrogen and oxygen atoms in total. The lowest BCUT2D eigenvalue weighted by Gasteiger charge is -2.29. The summed E-state index contributed by atoms with van der Waals surface area (Å²) in [7, 11) is -5.28. The Morgan fingerprint density at radius 1 is 0.926 bits per heavy atom. The first-order valence-corrected chi connectivity index (χ1v) is 13.3. The molecule has 8 heteroatoms. The second-order valence-corrected chi connectivity index (χ2v) is 9.71. The molecule has 152 valence electrons. The van der Waals surface area contributed by atoms with Crippen LogP contribution < -0.4 is 5.19 Å². The molecule has 0 saturated carbocycles. The van der Waals surface area contributed by atoms with E-state index in [-0.39, 0.29) is 0 Å². The third kappa shape index (κ3) is 7.21. The maximum atomic E-state index is 8.90. The summed E-state index contributed by atoms with van der Waals surface area (Å²) in [5.74, 6) is 0. The second kappa shape index (κ2) is 12.5. The molecule has 0 aliphatic rings. The van der Waals surface area contributed by atoms with Gasteiger partial charge in [-0.2, -0.15) is 0 Å². The minimum absolute atomic E-state index is 0.585. The van der Waals surface area contributed by atoms with Crippen LogP contribution in [0.2, 0.25) is 0 Å². The standard InChI is InChI=1S/C19H28O3Si.H2O2S2/c1-5-11-16-14-18(15-17-12-9-10-13-19(16)17)23(20-6-2,21-7-3)22-8-4;1-4(2)3/h9-10,12-15H,5-8,11H2,1-4H3;4H,(H,1,2,3). The van der Waals surface area contributed by atoms with Crippen molar-refractivity contribution in [2.45, 2.75) is 40.5 Å². The minimum Gasteiger partial charge on any atom is -0.370 e. The zero-order valence-electron chi connectivity index (χ0n) is 16.4. The highest BCUT2D eigenvalue weighted by molar-refractivity contribution is 8.54. The second-order valence-electron chi connectivity index (χ2n) is 5.70. The van der Waals surface area contributed by atoms with Gasteiger partial charge in [0.2, 0.25) is 0 Å². The number of hydrogen-bond acceptors (Lipinski definition) is 5. The maximum absolute atomic E-state index is 8.90. The average Bonchev–Trinajstić information content (AvgIpc) is 2.62. The van der Waals surface area contributed by atoms with Crippen molar-refractivity contribution in [3.63, 3.8) is 0 Å². The highest BCUT2D eigenvalue weighted by atomic mass is 33.1. The minimum atomic E-state index is -2.85. The van der Waals surface area contributed by atoms with Crippen LogP contribution in [-0.4, -0.2) is 37.0 Å². The lowest BCUT2D eigenvalue weighted by Crippen LogP contribution is -2.57. The van der Waals surface area contributed by atoms with Crippen LogP contribution in [0.3, 0.4) is 0 Å². The first kappa shape index (κ1) is 24.1. The smallest absolute Gasteiger partial charge is 0.370 e. The molecule has 0 spiro atoms. The Morgan fingerprint density at radius 3 is 1.93 bits per heavy atom. The molecule has 27 heavy (non-hydrogen) atoms. The van der Waals surface area contributed by atoms with E-state index in [2.05, 4.69) is 55.0 Å². The van der Waals surface area contributed by atoms with Crippen molar-refractivity contribution in [3.8, 4) is 0 Å². The summed E-state index contributed by atoms with van der Waals surface area (Å²) in [4.78, 5) is 0. The van der Waals surface area contributed by atoms with Gasteiger partial charge in [-0.1, -0.05) is 55.3 Å². The monoisotopic (exact) mass is 430 g/mol. The SMILES string of the molecule is CCCc1cc([Si](OCC)(OCC)OCC)cc2ccccc12.O=[SH](=O)S.